The summed E-state index contributed by atoms with van der Waals surface area (Å²) in [7, 11) is 0. The van der Waals surface area contributed by atoms with E-state index < -0.39 is 17.7 Å². The molecule has 1 aliphatic rings. The Morgan fingerprint density at radius 3 is 2.83 bits per heavy atom. The van der Waals surface area contributed by atoms with E-state index in [-0.39, 0.29) is 11.6 Å². The lowest BCUT2D eigenvalue weighted by Gasteiger charge is -2.34. The topological polar surface area (TPSA) is 91.8 Å². The van der Waals surface area contributed by atoms with E-state index in [2.05, 4.69) is 10.3 Å². The van der Waals surface area contributed by atoms with Crippen LogP contribution in [0, 0.1) is 0 Å². The quantitative estimate of drug-likeness (QED) is 0.887. The zero-order valence-electron chi connectivity index (χ0n) is 13.7. The normalized spacial score (nSPS) is 18.4. The highest BCUT2D eigenvalue weighted by Gasteiger charge is 2.25. The Hall–Kier alpha value is -2.31. The molecule has 0 aliphatic carbocycles. The summed E-state index contributed by atoms with van der Waals surface area (Å²) in [6, 6.07) is 2.97. The third-order valence-electron chi connectivity index (χ3n) is 3.46. The van der Waals surface area contributed by atoms with E-state index in [1.807, 2.05) is 25.7 Å². The van der Waals surface area contributed by atoms with Crippen molar-refractivity contribution in [2.75, 3.05) is 18.0 Å². The number of pyridine rings is 1. The Bertz CT molecular complexity index is 583. The van der Waals surface area contributed by atoms with E-state index in [1.54, 1.807) is 6.07 Å². The van der Waals surface area contributed by atoms with Gasteiger partial charge in [0.2, 0.25) is 0 Å². The van der Waals surface area contributed by atoms with Crippen LogP contribution in [0.4, 0.5) is 10.6 Å². The Morgan fingerprint density at radius 1 is 1.43 bits per heavy atom. The molecule has 0 saturated carbocycles. The summed E-state index contributed by atoms with van der Waals surface area (Å²) in [5, 5.41) is 11.9. The van der Waals surface area contributed by atoms with E-state index in [9.17, 15) is 9.59 Å². The minimum Gasteiger partial charge on any atom is -0.478 e. The molecule has 1 aromatic rings. The molecule has 126 valence electrons. The smallest absolute Gasteiger partial charge is 0.407 e. The zero-order valence-corrected chi connectivity index (χ0v) is 13.7. The first-order valence-electron chi connectivity index (χ1n) is 7.68. The number of hydrogen-bond acceptors (Lipinski definition) is 5. The Balaban J connectivity index is 1.99. The molecule has 1 aromatic heterocycles. The average molecular weight is 321 g/mol. The van der Waals surface area contributed by atoms with Crippen molar-refractivity contribution in [2.45, 2.75) is 45.3 Å². The zero-order chi connectivity index (χ0) is 17.0. The van der Waals surface area contributed by atoms with Gasteiger partial charge in [-0.2, -0.15) is 0 Å². The number of ether oxygens (including phenoxy) is 1. The molecule has 2 rings (SSSR count). The van der Waals surface area contributed by atoms with Gasteiger partial charge in [-0.1, -0.05) is 0 Å². The standard InChI is InChI=1S/C16H23N3O4/c1-16(2,3)23-15(22)18-12-5-4-8-19(10-12)13-9-11(14(20)21)6-7-17-13/h6-7,9,12H,4-5,8,10H2,1-3H3,(H,18,22)(H,20,21)/t12-/m0/s1. The number of carbonyl (C=O) groups excluding carboxylic acids is 1. The fraction of sp³-hybridized carbons (Fsp3) is 0.562. The summed E-state index contributed by atoms with van der Waals surface area (Å²) < 4.78 is 5.27. The third kappa shape index (κ3) is 5.12. The number of aromatic nitrogens is 1. The van der Waals surface area contributed by atoms with E-state index >= 15 is 0 Å². The van der Waals surface area contributed by atoms with Crippen LogP contribution in [0.2, 0.25) is 0 Å². The summed E-state index contributed by atoms with van der Waals surface area (Å²) in [6.45, 7) is 6.82. The predicted octanol–water partition coefficient (Wildman–Crippen LogP) is 2.27. The van der Waals surface area contributed by atoms with Gasteiger partial charge in [0, 0.05) is 25.3 Å². The van der Waals surface area contributed by atoms with E-state index in [0.29, 0.717) is 12.4 Å². The Morgan fingerprint density at radius 2 is 2.17 bits per heavy atom. The summed E-state index contributed by atoms with van der Waals surface area (Å²) in [5.74, 6) is -0.366. The molecule has 2 N–H and O–H groups in total. The number of alkyl carbamates (subject to hydrolysis) is 1. The SMILES string of the molecule is CC(C)(C)OC(=O)N[C@H]1CCCN(c2cc(C(=O)O)ccn2)C1. The first-order valence-corrected chi connectivity index (χ1v) is 7.68. The van der Waals surface area contributed by atoms with Gasteiger partial charge in [-0.15, -0.1) is 0 Å². The number of anilines is 1. The first kappa shape index (κ1) is 17.1. The van der Waals surface area contributed by atoms with Crippen LogP contribution in [0.25, 0.3) is 0 Å². The van der Waals surface area contributed by atoms with Gasteiger partial charge in [-0.3, -0.25) is 0 Å². The second kappa shape index (κ2) is 6.85. The molecule has 0 bridgehead atoms. The van der Waals surface area contributed by atoms with Crippen LogP contribution in [0.1, 0.15) is 44.0 Å². The van der Waals surface area contributed by atoms with E-state index in [1.165, 1.54) is 12.3 Å². The molecule has 0 unspecified atom stereocenters. The molecule has 23 heavy (non-hydrogen) atoms. The largest absolute Gasteiger partial charge is 0.478 e. The second-order valence-corrected chi connectivity index (χ2v) is 6.64. The van der Waals surface area contributed by atoms with Crippen molar-refractivity contribution >= 4 is 17.9 Å². The Kier molecular flexibility index (Phi) is 5.08. The van der Waals surface area contributed by atoms with Crippen LogP contribution in [-0.4, -0.2) is 46.9 Å². The van der Waals surface area contributed by atoms with Crippen molar-refractivity contribution in [3.63, 3.8) is 0 Å². The van der Waals surface area contributed by atoms with Crippen LogP contribution in [-0.2, 0) is 4.74 Å². The van der Waals surface area contributed by atoms with E-state index in [0.717, 1.165) is 19.4 Å². The molecule has 1 amide bonds. The van der Waals surface area contributed by atoms with Gasteiger partial charge in [0.15, 0.2) is 0 Å². The molecule has 0 spiro atoms. The minimum atomic E-state index is -0.978. The van der Waals surface area contributed by atoms with Crippen molar-refractivity contribution in [3.8, 4) is 0 Å². The lowest BCUT2D eigenvalue weighted by atomic mass is 10.1. The fourth-order valence-electron chi connectivity index (χ4n) is 2.50. The lowest BCUT2D eigenvalue weighted by molar-refractivity contribution is 0.0499. The predicted molar refractivity (Wildman–Crippen MR) is 85.8 cm³/mol. The number of hydrogen-bond donors (Lipinski definition) is 2. The van der Waals surface area contributed by atoms with Crippen LogP contribution in [0.5, 0.6) is 0 Å². The summed E-state index contributed by atoms with van der Waals surface area (Å²) in [5.41, 5.74) is -0.326. The number of nitrogens with zero attached hydrogens (tertiary/aromatic N) is 2. The summed E-state index contributed by atoms with van der Waals surface area (Å²) >= 11 is 0. The number of carbonyl (C=O) groups is 2. The van der Waals surface area contributed by atoms with Crippen molar-refractivity contribution in [2.24, 2.45) is 0 Å². The van der Waals surface area contributed by atoms with Crippen molar-refractivity contribution in [1.29, 1.82) is 0 Å². The molecule has 1 aliphatic heterocycles. The van der Waals surface area contributed by atoms with Crippen molar-refractivity contribution in [1.82, 2.24) is 10.3 Å². The highest BCUT2D eigenvalue weighted by molar-refractivity contribution is 5.88. The summed E-state index contributed by atoms with van der Waals surface area (Å²) in [6.07, 6.45) is 2.80. The molecule has 1 saturated heterocycles. The first-order chi connectivity index (χ1) is 10.7. The van der Waals surface area contributed by atoms with Crippen LogP contribution < -0.4 is 10.2 Å². The number of carboxylic acid groups (broad SMARTS) is 1. The molecular formula is C16H23N3O4. The number of amides is 1. The number of piperidine rings is 1. The number of rotatable bonds is 3. The molecule has 0 aromatic carbocycles. The van der Waals surface area contributed by atoms with Crippen molar-refractivity contribution < 1.29 is 19.4 Å². The van der Waals surface area contributed by atoms with Gasteiger partial charge in [0.05, 0.1) is 5.56 Å². The van der Waals surface area contributed by atoms with Gasteiger partial charge in [-0.25, -0.2) is 14.6 Å². The molecule has 2 heterocycles. The molecule has 7 nitrogen and oxygen atoms in total. The highest BCUT2D eigenvalue weighted by atomic mass is 16.6. The minimum absolute atomic E-state index is 0.0473. The summed E-state index contributed by atoms with van der Waals surface area (Å²) in [4.78, 5) is 29.1. The number of aromatic carboxylic acids is 1. The molecular weight excluding hydrogens is 298 g/mol. The molecule has 1 atom stereocenters. The molecule has 1 fully saturated rings. The highest BCUT2D eigenvalue weighted by Crippen LogP contribution is 2.19. The molecule has 0 radical (unpaired) electrons. The number of carboxylic acids is 1. The number of nitrogens with one attached hydrogen (secondary N) is 1. The van der Waals surface area contributed by atoms with Crippen LogP contribution in [0.3, 0.4) is 0 Å². The van der Waals surface area contributed by atoms with Crippen molar-refractivity contribution in [3.05, 3.63) is 23.9 Å². The van der Waals surface area contributed by atoms with E-state index in [4.69, 9.17) is 9.84 Å². The second-order valence-electron chi connectivity index (χ2n) is 6.64. The van der Waals surface area contributed by atoms with Gasteiger partial charge in [0.1, 0.15) is 11.4 Å². The van der Waals surface area contributed by atoms with Gasteiger partial charge >= 0.3 is 12.1 Å². The third-order valence-corrected chi connectivity index (χ3v) is 3.46. The maximum atomic E-state index is 11.9. The molecule has 7 heteroatoms. The van der Waals surface area contributed by atoms with Gasteiger partial charge in [0.25, 0.3) is 0 Å². The van der Waals surface area contributed by atoms with Crippen LogP contribution in [0.15, 0.2) is 18.3 Å². The average Bonchev–Trinajstić information content (AvgIpc) is 2.45. The maximum absolute atomic E-state index is 11.9. The monoisotopic (exact) mass is 321 g/mol. The lowest BCUT2D eigenvalue weighted by Crippen LogP contribution is -2.49. The fourth-order valence-corrected chi connectivity index (χ4v) is 2.50. The van der Waals surface area contributed by atoms with Gasteiger partial charge < -0.3 is 20.1 Å². The Labute approximate surface area is 135 Å². The maximum Gasteiger partial charge on any atom is 0.407 e. The van der Waals surface area contributed by atoms with Gasteiger partial charge in [-0.05, 0) is 45.7 Å². The van der Waals surface area contributed by atoms with Crippen LogP contribution >= 0.6 is 0 Å².